The SMILES string of the molecule is O=c1cc(I)c(OCc2ccccc2)c[nH]1. The maximum absolute atomic E-state index is 11.0. The van der Waals surface area contributed by atoms with Crippen molar-refractivity contribution in [1.82, 2.24) is 4.98 Å². The van der Waals surface area contributed by atoms with Crippen molar-refractivity contribution < 1.29 is 4.74 Å². The number of hydrogen-bond donors (Lipinski definition) is 1. The Bertz CT molecular complexity index is 522. The van der Waals surface area contributed by atoms with E-state index in [-0.39, 0.29) is 5.56 Å². The van der Waals surface area contributed by atoms with Crippen LogP contribution in [0.15, 0.2) is 47.4 Å². The molecule has 4 heteroatoms. The van der Waals surface area contributed by atoms with Gasteiger partial charge in [-0.1, -0.05) is 30.3 Å². The van der Waals surface area contributed by atoms with Gasteiger partial charge >= 0.3 is 0 Å². The molecular weight excluding hydrogens is 317 g/mol. The average molecular weight is 327 g/mol. The predicted molar refractivity (Wildman–Crippen MR) is 70.6 cm³/mol. The van der Waals surface area contributed by atoms with Crippen LogP contribution in [0.3, 0.4) is 0 Å². The second kappa shape index (κ2) is 5.16. The fraction of sp³-hybridized carbons (Fsp3) is 0.0833. The van der Waals surface area contributed by atoms with E-state index >= 15 is 0 Å². The Kier molecular flexibility index (Phi) is 3.61. The summed E-state index contributed by atoms with van der Waals surface area (Å²) in [4.78, 5) is 13.6. The van der Waals surface area contributed by atoms with Crippen LogP contribution in [-0.2, 0) is 6.61 Å². The van der Waals surface area contributed by atoms with E-state index in [4.69, 9.17) is 4.74 Å². The highest BCUT2D eigenvalue weighted by Crippen LogP contribution is 2.18. The molecule has 2 rings (SSSR count). The summed E-state index contributed by atoms with van der Waals surface area (Å²) in [6, 6.07) is 11.4. The first kappa shape index (κ1) is 11.2. The molecule has 0 saturated carbocycles. The molecule has 1 aromatic heterocycles. The smallest absolute Gasteiger partial charge is 0.249 e. The van der Waals surface area contributed by atoms with Gasteiger partial charge in [-0.05, 0) is 28.2 Å². The molecule has 3 nitrogen and oxygen atoms in total. The zero-order valence-corrected chi connectivity index (χ0v) is 10.6. The topological polar surface area (TPSA) is 42.1 Å². The lowest BCUT2D eigenvalue weighted by atomic mass is 10.2. The van der Waals surface area contributed by atoms with Gasteiger partial charge in [0.15, 0.2) is 0 Å². The quantitative estimate of drug-likeness (QED) is 0.881. The predicted octanol–water partition coefficient (Wildman–Crippen LogP) is 2.56. The largest absolute Gasteiger partial charge is 0.486 e. The summed E-state index contributed by atoms with van der Waals surface area (Å²) in [5.74, 6) is 0.698. The van der Waals surface area contributed by atoms with Crippen LogP contribution in [0.25, 0.3) is 0 Å². The van der Waals surface area contributed by atoms with E-state index in [1.165, 1.54) is 6.07 Å². The van der Waals surface area contributed by atoms with Crippen LogP contribution in [0.4, 0.5) is 0 Å². The lowest BCUT2D eigenvalue weighted by Crippen LogP contribution is -2.06. The number of benzene rings is 1. The molecule has 1 aromatic carbocycles. The molecule has 0 aliphatic rings. The Morgan fingerprint density at radius 3 is 2.69 bits per heavy atom. The van der Waals surface area contributed by atoms with Gasteiger partial charge in [-0.3, -0.25) is 4.79 Å². The zero-order chi connectivity index (χ0) is 11.4. The summed E-state index contributed by atoms with van der Waals surface area (Å²) in [5, 5.41) is 0. The molecule has 0 amide bonds. The maximum Gasteiger partial charge on any atom is 0.249 e. The van der Waals surface area contributed by atoms with Crippen LogP contribution in [-0.4, -0.2) is 4.98 Å². The fourth-order valence-electron chi connectivity index (χ4n) is 1.28. The summed E-state index contributed by atoms with van der Waals surface area (Å²) in [6.45, 7) is 0.503. The average Bonchev–Trinajstić information content (AvgIpc) is 2.29. The Balaban J connectivity index is 2.08. The Morgan fingerprint density at radius 1 is 1.25 bits per heavy atom. The number of hydrogen-bond acceptors (Lipinski definition) is 2. The lowest BCUT2D eigenvalue weighted by Gasteiger charge is -2.07. The van der Waals surface area contributed by atoms with Crippen LogP contribution in [0, 0.1) is 3.57 Å². The van der Waals surface area contributed by atoms with Gasteiger partial charge in [0.05, 0.1) is 3.57 Å². The highest BCUT2D eigenvalue weighted by Gasteiger charge is 2.01. The lowest BCUT2D eigenvalue weighted by molar-refractivity contribution is 0.302. The number of pyridine rings is 1. The van der Waals surface area contributed by atoms with Crippen LogP contribution in [0.5, 0.6) is 5.75 Å². The molecule has 0 spiro atoms. The first-order valence-electron chi connectivity index (χ1n) is 4.80. The van der Waals surface area contributed by atoms with Gasteiger partial charge in [-0.15, -0.1) is 0 Å². The van der Waals surface area contributed by atoms with E-state index < -0.39 is 0 Å². The van der Waals surface area contributed by atoms with Crippen molar-refractivity contribution in [3.8, 4) is 5.75 Å². The Morgan fingerprint density at radius 2 is 2.00 bits per heavy atom. The van der Waals surface area contributed by atoms with Crippen molar-refractivity contribution in [3.05, 3.63) is 62.1 Å². The van der Waals surface area contributed by atoms with Crippen LogP contribution in [0.1, 0.15) is 5.56 Å². The molecule has 2 aromatic rings. The van der Waals surface area contributed by atoms with Crippen molar-refractivity contribution in [3.63, 3.8) is 0 Å². The molecule has 16 heavy (non-hydrogen) atoms. The van der Waals surface area contributed by atoms with Crippen LogP contribution >= 0.6 is 22.6 Å². The molecule has 0 bridgehead atoms. The molecule has 1 heterocycles. The van der Waals surface area contributed by atoms with E-state index in [9.17, 15) is 4.79 Å². The summed E-state index contributed by atoms with van der Waals surface area (Å²) in [7, 11) is 0. The van der Waals surface area contributed by atoms with Gasteiger partial charge < -0.3 is 9.72 Å². The highest BCUT2D eigenvalue weighted by molar-refractivity contribution is 14.1. The van der Waals surface area contributed by atoms with Gasteiger partial charge in [0.2, 0.25) is 5.56 Å². The molecule has 0 aliphatic carbocycles. The third-order valence-corrected chi connectivity index (χ3v) is 2.92. The first-order chi connectivity index (χ1) is 7.75. The summed E-state index contributed by atoms with van der Waals surface area (Å²) in [6.07, 6.45) is 1.59. The van der Waals surface area contributed by atoms with E-state index in [2.05, 4.69) is 27.6 Å². The minimum absolute atomic E-state index is 0.114. The van der Waals surface area contributed by atoms with Crippen LogP contribution < -0.4 is 10.3 Å². The first-order valence-corrected chi connectivity index (χ1v) is 5.88. The van der Waals surface area contributed by atoms with E-state index in [1.54, 1.807) is 6.20 Å². The number of aromatic amines is 1. The third-order valence-electron chi connectivity index (χ3n) is 2.08. The van der Waals surface area contributed by atoms with Gasteiger partial charge in [-0.25, -0.2) is 0 Å². The highest BCUT2D eigenvalue weighted by atomic mass is 127. The molecule has 0 fully saturated rings. The van der Waals surface area contributed by atoms with Gasteiger partial charge in [0.25, 0.3) is 0 Å². The second-order valence-electron chi connectivity index (χ2n) is 3.28. The number of H-pyrrole nitrogens is 1. The summed E-state index contributed by atoms with van der Waals surface area (Å²) in [5.41, 5.74) is 0.987. The minimum Gasteiger partial charge on any atom is -0.486 e. The molecule has 0 radical (unpaired) electrons. The van der Waals surface area contributed by atoms with E-state index in [0.29, 0.717) is 12.4 Å². The molecular formula is C12H10INO2. The number of ether oxygens (including phenoxy) is 1. The Labute approximate surface area is 107 Å². The third kappa shape index (κ3) is 2.85. The molecule has 0 atom stereocenters. The number of nitrogens with one attached hydrogen (secondary N) is 1. The van der Waals surface area contributed by atoms with Crippen molar-refractivity contribution in [2.45, 2.75) is 6.61 Å². The van der Waals surface area contributed by atoms with E-state index in [1.807, 2.05) is 30.3 Å². The van der Waals surface area contributed by atoms with Crippen LogP contribution in [0.2, 0.25) is 0 Å². The normalized spacial score (nSPS) is 10.1. The molecule has 0 aliphatic heterocycles. The van der Waals surface area contributed by atoms with Crippen molar-refractivity contribution in [1.29, 1.82) is 0 Å². The summed E-state index contributed by atoms with van der Waals surface area (Å²) >= 11 is 2.08. The number of aromatic nitrogens is 1. The number of rotatable bonds is 3. The van der Waals surface area contributed by atoms with Crippen molar-refractivity contribution in [2.75, 3.05) is 0 Å². The summed E-state index contributed by atoms with van der Waals surface area (Å²) < 4.78 is 6.42. The zero-order valence-electron chi connectivity index (χ0n) is 8.44. The molecule has 82 valence electrons. The van der Waals surface area contributed by atoms with E-state index in [0.717, 1.165) is 9.13 Å². The maximum atomic E-state index is 11.0. The Hall–Kier alpha value is -1.30. The molecule has 0 saturated heterocycles. The molecule has 1 N–H and O–H groups in total. The second-order valence-corrected chi connectivity index (χ2v) is 4.45. The fourth-order valence-corrected chi connectivity index (χ4v) is 1.87. The standard InChI is InChI=1S/C12H10INO2/c13-10-6-12(15)14-7-11(10)16-8-9-4-2-1-3-5-9/h1-7H,8H2,(H,14,15). The van der Waals surface area contributed by atoms with Gasteiger partial charge in [-0.2, -0.15) is 0 Å². The number of halogens is 1. The minimum atomic E-state index is -0.114. The monoisotopic (exact) mass is 327 g/mol. The van der Waals surface area contributed by atoms with Gasteiger partial charge in [0.1, 0.15) is 12.4 Å². The van der Waals surface area contributed by atoms with Crippen molar-refractivity contribution in [2.24, 2.45) is 0 Å². The molecule has 0 unspecified atom stereocenters. The van der Waals surface area contributed by atoms with Crippen molar-refractivity contribution >= 4 is 22.6 Å². The van der Waals surface area contributed by atoms with Gasteiger partial charge in [0, 0.05) is 12.3 Å².